The molecule has 3 aromatic rings. The van der Waals surface area contributed by atoms with Crippen LogP contribution in [-0.4, -0.2) is 23.4 Å². The third-order valence-corrected chi connectivity index (χ3v) is 6.38. The molecule has 0 aliphatic rings. The summed E-state index contributed by atoms with van der Waals surface area (Å²) in [6, 6.07) is 17.2. The number of nitrogens with zero attached hydrogens (tertiary/aromatic N) is 2. The van der Waals surface area contributed by atoms with Crippen LogP contribution in [0.2, 0.25) is 0 Å². The molecule has 0 spiro atoms. The molecule has 0 bridgehead atoms. The van der Waals surface area contributed by atoms with Gasteiger partial charge in [0, 0.05) is 5.56 Å². The van der Waals surface area contributed by atoms with E-state index >= 15 is 0 Å². The van der Waals surface area contributed by atoms with Crippen LogP contribution in [0.4, 0.5) is 0 Å². The van der Waals surface area contributed by atoms with Crippen molar-refractivity contribution in [3.63, 3.8) is 0 Å². The summed E-state index contributed by atoms with van der Waals surface area (Å²) in [5, 5.41) is 4.14. The third-order valence-electron chi connectivity index (χ3n) is 4.21. The molecule has 3 rings (SSSR count). The largest absolute Gasteiger partial charge is 0.233 e. The van der Waals surface area contributed by atoms with Gasteiger partial charge in [0.2, 0.25) is 0 Å². The lowest BCUT2D eigenvalue weighted by atomic mass is 10.1. The van der Waals surface area contributed by atoms with Crippen LogP contribution in [-0.2, 0) is 9.84 Å². The minimum absolute atomic E-state index is 0.340. The van der Waals surface area contributed by atoms with Gasteiger partial charge in [0.25, 0.3) is 0 Å². The molecule has 0 unspecified atom stereocenters. The summed E-state index contributed by atoms with van der Waals surface area (Å²) in [7, 11) is -3.27. The van der Waals surface area contributed by atoms with E-state index in [-0.39, 0.29) is 0 Å². The number of hydrogen-bond donors (Lipinski definition) is 0. The Morgan fingerprint density at radius 3 is 2.08 bits per heavy atom. The first kappa shape index (κ1) is 17.4. The zero-order valence-corrected chi connectivity index (χ0v) is 15.7. The zero-order chi connectivity index (χ0) is 18.2. The lowest BCUT2D eigenvalue weighted by Gasteiger charge is -2.11. The molecule has 0 atom stereocenters. The highest BCUT2D eigenvalue weighted by molar-refractivity contribution is 7.92. The van der Waals surface area contributed by atoms with Crippen LogP contribution in [0.5, 0.6) is 0 Å². The van der Waals surface area contributed by atoms with Crippen molar-refractivity contribution < 1.29 is 8.42 Å². The van der Waals surface area contributed by atoms with Crippen LogP contribution in [0.1, 0.15) is 25.1 Å². The van der Waals surface area contributed by atoms with Gasteiger partial charge >= 0.3 is 0 Å². The maximum atomic E-state index is 12.3. The zero-order valence-electron chi connectivity index (χ0n) is 14.9. The number of benzene rings is 2. The Balaban J connectivity index is 2.05. The molecule has 0 aliphatic carbocycles. The quantitative estimate of drug-likeness (QED) is 0.700. The number of aryl methyl sites for hydroxylation is 2. The van der Waals surface area contributed by atoms with Crippen molar-refractivity contribution in [1.29, 1.82) is 0 Å². The first-order valence-electron chi connectivity index (χ1n) is 8.27. The molecule has 1 aromatic heterocycles. The van der Waals surface area contributed by atoms with E-state index in [1.807, 2.05) is 17.7 Å². The van der Waals surface area contributed by atoms with Gasteiger partial charge in [-0.05, 0) is 58.0 Å². The van der Waals surface area contributed by atoms with Gasteiger partial charge in [-0.2, -0.15) is 5.10 Å². The van der Waals surface area contributed by atoms with Crippen molar-refractivity contribution in [1.82, 2.24) is 9.78 Å². The molecular formula is C20H22N2O2S. The summed E-state index contributed by atoms with van der Waals surface area (Å²) in [6.07, 6.45) is 0. The molecule has 5 heteroatoms. The van der Waals surface area contributed by atoms with Crippen molar-refractivity contribution in [3.8, 4) is 16.9 Å². The predicted molar refractivity (Wildman–Crippen MR) is 101 cm³/mol. The topological polar surface area (TPSA) is 52.0 Å². The summed E-state index contributed by atoms with van der Waals surface area (Å²) >= 11 is 0. The molecular weight excluding hydrogens is 332 g/mol. The van der Waals surface area contributed by atoms with Gasteiger partial charge in [-0.15, -0.1) is 0 Å². The van der Waals surface area contributed by atoms with E-state index in [9.17, 15) is 8.42 Å². The summed E-state index contributed by atoms with van der Waals surface area (Å²) in [5.41, 5.74) is 5.01. The van der Waals surface area contributed by atoms with Gasteiger partial charge in [0.1, 0.15) is 0 Å². The van der Waals surface area contributed by atoms with E-state index in [0.717, 1.165) is 22.6 Å². The highest BCUT2D eigenvalue weighted by Gasteiger charge is 2.19. The average molecular weight is 354 g/mol. The molecule has 2 aromatic carbocycles. The van der Waals surface area contributed by atoms with E-state index < -0.39 is 15.1 Å². The lowest BCUT2D eigenvalue weighted by molar-refractivity contribution is 0.587. The second-order valence-electron chi connectivity index (χ2n) is 6.54. The van der Waals surface area contributed by atoms with Crippen molar-refractivity contribution in [3.05, 3.63) is 65.9 Å². The van der Waals surface area contributed by atoms with Gasteiger partial charge in [0.05, 0.1) is 27.2 Å². The summed E-state index contributed by atoms with van der Waals surface area (Å²) < 4.78 is 26.4. The first-order chi connectivity index (χ1) is 11.8. The Morgan fingerprint density at radius 2 is 1.52 bits per heavy atom. The Morgan fingerprint density at radius 1 is 0.920 bits per heavy atom. The van der Waals surface area contributed by atoms with Crippen molar-refractivity contribution in [2.24, 2.45) is 0 Å². The van der Waals surface area contributed by atoms with E-state index in [1.54, 1.807) is 38.1 Å². The minimum atomic E-state index is -3.27. The van der Waals surface area contributed by atoms with Crippen molar-refractivity contribution in [2.45, 2.75) is 37.8 Å². The Hall–Kier alpha value is -2.40. The Kier molecular flexibility index (Phi) is 4.52. The maximum Gasteiger partial charge on any atom is 0.180 e. The fourth-order valence-corrected chi connectivity index (χ4v) is 3.74. The molecule has 0 radical (unpaired) electrons. The number of hydrogen-bond acceptors (Lipinski definition) is 3. The van der Waals surface area contributed by atoms with E-state index in [1.165, 1.54) is 5.56 Å². The smallest absolute Gasteiger partial charge is 0.180 e. The van der Waals surface area contributed by atoms with Crippen molar-refractivity contribution in [2.75, 3.05) is 0 Å². The van der Waals surface area contributed by atoms with Crippen LogP contribution in [0.15, 0.2) is 59.5 Å². The Bertz CT molecular complexity index is 983. The van der Waals surface area contributed by atoms with Gasteiger partial charge in [0.15, 0.2) is 9.84 Å². The van der Waals surface area contributed by atoms with Crippen LogP contribution >= 0.6 is 0 Å². The molecule has 0 fully saturated rings. The van der Waals surface area contributed by atoms with Gasteiger partial charge in [-0.3, -0.25) is 0 Å². The molecule has 1 heterocycles. The van der Waals surface area contributed by atoms with Gasteiger partial charge in [-0.25, -0.2) is 13.1 Å². The van der Waals surface area contributed by atoms with E-state index in [0.29, 0.717) is 4.90 Å². The number of sulfone groups is 1. The van der Waals surface area contributed by atoms with Crippen LogP contribution < -0.4 is 0 Å². The molecule has 130 valence electrons. The summed E-state index contributed by atoms with van der Waals surface area (Å²) in [4.78, 5) is 0.340. The third kappa shape index (κ3) is 3.37. The Labute approximate surface area is 149 Å². The second-order valence-corrected chi connectivity index (χ2v) is 9.04. The lowest BCUT2D eigenvalue weighted by Crippen LogP contribution is -2.14. The van der Waals surface area contributed by atoms with Gasteiger partial charge < -0.3 is 0 Å². The first-order valence-corrected chi connectivity index (χ1v) is 9.82. The monoisotopic (exact) mass is 354 g/mol. The average Bonchev–Trinajstić information content (AvgIpc) is 2.97. The molecule has 4 nitrogen and oxygen atoms in total. The molecule has 0 aliphatic heterocycles. The summed E-state index contributed by atoms with van der Waals surface area (Å²) in [6.45, 7) is 7.39. The minimum Gasteiger partial charge on any atom is -0.233 e. The van der Waals surface area contributed by atoms with E-state index in [4.69, 9.17) is 0 Å². The predicted octanol–water partition coefficient (Wildman–Crippen LogP) is 4.34. The molecule has 0 N–H and O–H groups in total. The normalized spacial score (nSPS) is 11.9. The SMILES string of the molecule is Cc1ccc(-c2cc(C)nn2-c2ccc(S(=O)(=O)C(C)C)cc2)cc1. The second kappa shape index (κ2) is 6.48. The van der Waals surface area contributed by atoms with Gasteiger partial charge in [-0.1, -0.05) is 29.8 Å². The summed E-state index contributed by atoms with van der Waals surface area (Å²) in [5.74, 6) is 0. The molecule has 0 saturated carbocycles. The molecule has 25 heavy (non-hydrogen) atoms. The van der Waals surface area contributed by atoms with Crippen LogP contribution in [0.3, 0.4) is 0 Å². The standard InChI is InChI=1S/C20H22N2O2S/c1-14(2)25(23,24)19-11-9-18(10-12-19)22-20(13-16(4)21-22)17-7-5-15(3)6-8-17/h5-14H,1-4H3. The highest BCUT2D eigenvalue weighted by atomic mass is 32.2. The maximum absolute atomic E-state index is 12.3. The fraction of sp³-hybridized carbons (Fsp3) is 0.250. The van der Waals surface area contributed by atoms with E-state index in [2.05, 4.69) is 36.3 Å². The number of rotatable bonds is 4. The molecule has 0 amide bonds. The van der Waals surface area contributed by atoms with Crippen molar-refractivity contribution >= 4 is 9.84 Å². The van der Waals surface area contributed by atoms with Crippen LogP contribution in [0.25, 0.3) is 16.9 Å². The fourth-order valence-electron chi connectivity index (χ4n) is 2.68. The number of aromatic nitrogens is 2. The molecule has 0 saturated heterocycles. The highest BCUT2D eigenvalue weighted by Crippen LogP contribution is 2.25. The van der Waals surface area contributed by atoms with Crippen LogP contribution in [0, 0.1) is 13.8 Å².